The van der Waals surface area contributed by atoms with Gasteiger partial charge in [-0.25, -0.2) is 4.39 Å². The van der Waals surface area contributed by atoms with Crippen LogP contribution >= 0.6 is 0 Å². The lowest BCUT2D eigenvalue weighted by molar-refractivity contribution is 0.155. The van der Waals surface area contributed by atoms with E-state index in [0.717, 1.165) is 56.7 Å². The standard InChI is InChI=1S/C24H40FN5O/c1-19(2)16-29-9-5-6-21(18-29)15-27-24(26-3)30-12-10-28(11-13-30)17-20-7-8-23(31-4)22(25)14-20/h7-8,14,19,21H,5-6,9-13,15-18H2,1-4H3,(H,26,27). The van der Waals surface area contributed by atoms with Crippen molar-refractivity contribution in [3.63, 3.8) is 0 Å². The van der Waals surface area contributed by atoms with E-state index >= 15 is 0 Å². The van der Waals surface area contributed by atoms with E-state index in [2.05, 4.69) is 38.9 Å². The molecule has 7 heteroatoms. The molecule has 1 N–H and O–H groups in total. The second-order valence-corrected chi connectivity index (χ2v) is 9.32. The maximum Gasteiger partial charge on any atom is 0.193 e. The Hall–Kier alpha value is -1.86. The monoisotopic (exact) mass is 433 g/mol. The van der Waals surface area contributed by atoms with Crippen LogP contribution < -0.4 is 10.1 Å². The molecule has 2 fully saturated rings. The van der Waals surface area contributed by atoms with Crippen LogP contribution in [0.4, 0.5) is 4.39 Å². The molecule has 1 aromatic carbocycles. The van der Waals surface area contributed by atoms with Crippen molar-refractivity contribution in [2.24, 2.45) is 16.8 Å². The number of likely N-dealkylation sites (tertiary alicyclic amines) is 1. The third-order valence-electron chi connectivity index (χ3n) is 6.28. The van der Waals surface area contributed by atoms with E-state index < -0.39 is 0 Å². The van der Waals surface area contributed by atoms with E-state index in [0.29, 0.717) is 11.7 Å². The highest BCUT2D eigenvalue weighted by molar-refractivity contribution is 5.80. The average Bonchev–Trinajstić information content (AvgIpc) is 2.75. The number of hydrogen-bond acceptors (Lipinski definition) is 4. The van der Waals surface area contributed by atoms with Gasteiger partial charge in [-0.15, -0.1) is 0 Å². The third kappa shape index (κ3) is 7.07. The van der Waals surface area contributed by atoms with Crippen molar-refractivity contribution in [3.8, 4) is 5.75 Å². The number of nitrogens with zero attached hydrogens (tertiary/aromatic N) is 4. The Morgan fingerprint density at radius 1 is 1.19 bits per heavy atom. The summed E-state index contributed by atoms with van der Waals surface area (Å²) < 4.78 is 19.0. The second-order valence-electron chi connectivity index (χ2n) is 9.32. The highest BCUT2D eigenvalue weighted by Gasteiger charge is 2.23. The van der Waals surface area contributed by atoms with Crippen molar-refractivity contribution in [2.45, 2.75) is 33.2 Å². The van der Waals surface area contributed by atoms with Gasteiger partial charge in [0.05, 0.1) is 7.11 Å². The van der Waals surface area contributed by atoms with Crippen LogP contribution in [-0.4, -0.2) is 87.2 Å². The van der Waals surface area contributed by atoms with Gasteiger partial charge in [0.2, 0.25) is 0 Å². The Kier molecular flexibility index (Phi) is 8.96. The maximum absolute atomic E-state index is 14.0. The van der Waals surface area contributed by atoms with E-state index in [1.54, 1.807) is 12.1 Å². The highest BCUT2D eigenvalue weighted by Crippen LogP contribution is 2.20. The molecule has 1 unspecified atom stereocenters. The van der Waals surface area contributed by atoms with Gasteiger partial charge in [-0.05, 0) is 48.9 Å². The molecule has 0 aromatic heterocycles. The van der Waals surface area contributed by atoms with Crippen LogP contribution in [0, 0.1) is 17.7 Å². The quantitative estimate of drug-likeness (QED) is 0.529. The van der Waals surface area contributed by atoms with Crippen molar-refractivity contribution in [3.05, 3.63) is 29.6 Å². The molecule has 31 heavy (non-hydrogen) atoms. The van der Waals surface area contributed by atoms with Gasteiger partial charge in [0.1, 0.15) is 0 Å². The van der Waals surface area contributed by atoms with E-state index in [4.69, 9.17) is 4.74 Å². The first-order chi connectivity index (χ1) is 15.0. The lowest BCUT2D eigenvalue weighted by atomic mass is 9.97. The van der Waals surface area contributed by atoms with Crippen molar-refractivity contribution in [1.29, 1.82) is 0 Å². The van der Waals surface area contributed by atoms with E-state index in [9.17, 15) is 4.39 Å². The molecule has 0 spiro atoms. The normalized spacial score (nSPS) is 21.5. The molecule has 1 aromatic rings. The molecule has 0 saturated carbocycles. The molecule has 2 aliphatic heterocycles. The molecule has 3 rings (SSSR count). The lowest BCUT2D eigenvalue weighted by Crippen LogP contribution is -2.53. The van der Waals surface area contributed by atoms with Crippen LogP contribution in [0.5, 0.6) is 5.75 Å². The minimum absolute atomic E-state index is 0.294. The number of ether oxygens (including phenoxy) is 1. The Morgan fingerprint density at radius 3 is 2.61 bits per heavy atom. The fourth-order valence-corrected chi connectivity index (χ4v) is 4.75. The van der Waals surface area contributed by atoms with Gasteiger partial charge in [-0.3, -0.25) is 9.89 Å². The van der Waals surface area contributed by atoms with Crippen LogP contribution in [0.1, 0.15) is 32.3 Å². The van der Waals surface area contributed by atoms with E-state index in [1.807, 2.05) is 13.1 Å². The zero-order valence-corrected chi connectivity index (χ0v) is 19.7. The summed E-state index contributed by atoms with van der Waals surface area (Å²) in [5, 5.41) is 3.63. The molecule has 0 bridgehead atoms. The van der Waals surface area contributed by atoms with E-state index in [-0.39, 0.29) is 5.82 Å². The Balaban J connectivity index is 1.43. The summed E-state index contributed by atoms with van der Waals surface area (Å²) in [6.07, 6.45) is 2.59. The molecular formula is C24H40FN5O. The predicted molar refractivity (Wildman–Crippen MR) is 125 cm³/mol. The molecule has 2 heterocycles. The maximum atomic E-state index is 14.0. The van der Waals surface area contributed by atoms with Gasteiger partial charge in [0, 0.05) is 59.4 Å². The predicted octanol–water partition coefficient (Wildman–Crippen LogP) is 2.90. The first-order valence-corrected chi connectivity index (χ1v) is 11.7. The summed E-state index contributed by atoms with van der Waals surface area (Å²) in [6.45, 7) is 13.7. The first-order valence-electron chi connectivity index (χ1n) is 11.7. The number of methoxy groups -OCH3 is 1. The fourth-order valence-electron chi connectivity index (χ4n) is 4.75. The van der Waals surface area contributed by atoms with Gasteiger partial charge in [0.25, 0.3) is 0 Å². The van der Waals surface area contributed by atoms with Gasteiger partial charge in [0.15, 0.2) is 17.5 Å². The Labute approximate surface area is 187 Å². The summed E-state index contributed by atoms with van der Waals surface area (Å²) >= 11 is 0. The smallest absolute Gasteiger partial charge is 0.193 e. The third-order valence-corrected chi connectivity index (χ3v) is 6.28. The van der Waals surface area contributed by atoms with Gasteiger partial charge in [-0.2, -0.15) is 0 Å². The van der Waals surface area contributed by atoms with Crippen molar-refractivity contribution < 1.29 is 9.13 Å². The molecule has 174 valence electrons. The molecular weight excluding hydrogens is 393 g/mol. The largest absolute Gasteiger partial charge is 0.494 e. The summed E-state index contributed by atoms with van der Waals surface area (Å²) in [7, 11) is 3.37. The minimum Gasteiger partial charge on any atom is -0.494 e. The lowest BCUT2D eigenvalue weighted by Gasteiger charge is -2.38. The number of piperazine rings is 1. The van der Waals surface area contributed by atoms with Crippen molar-refractivity contribution in [2.75, 3.05) is 66.5 Å². The van der Waals surface area contributed by atoms with Crippen molar-refractivity contribution >= 4 is 5.96 Å². The number of rotatable bonds is 7. The fraction of sp³-hybridized carbons (Fsp3) is 0.708. The minimum atomic E-state index is -0.294. The number of hydrogen-bond donors (Lipinski definition) is 1. The second kappa shape index (κ2) is 11.7. The van der Waals surface area contributed by atoms with Gasteiger partial charge >= 0.3 is 0 Å². The van der Waals surface area contributed by atoms with E-state index in [1.165, 1.54) is 39.6 Å². The number of aliphatic imine (C=N–C) groups is 1. The number of halogens is 1. The van der Waals surface area contributed by atoms with Crippen LogP contribution in [0.3, 0.4) is 0 Å². The molecule has 2 aliphatic rings. The SMILES string of the molecule is CN=C(NCC1CCCN(CC(C)C)C1)N1CCN(Cc2ccc(OC)c(F)c2)CC1. The molecule has 0 radical (unpaired) electrons. The van der Waals surface area contributed by atoms with Crippen LogP contribution in [-0.2, 0) is 6.54 Å². The Bertz CT molecular complexity index is 718. The zero-order valence-electron chi connectivity index (χ0n) is 19.7. The molecule has 6 nitrogen and oxygen atoms in total. The van der Waals surface area contributed by atoms with Crippen LogP contribution in [0.25, 0.3) is 0 Å². The topological polar surface area (TPSA) is 43.3 Å². The Morgan fingerprint density at radius 2 is 1.97 bits per heavy atom. The summed E-state index contributed by atoms with van der Waals surface area (Å²) in [5.41, 5.74) is 0.984. The first kappa shape index (κ1) is 23.8. The zero-order chi connectivity index (χ0) is 22.2. The van der Waals surface area contributed by atoms with Crippen LogP contribution in [0.2, 0.25) is 0 Å². The number of piperidine rings is 1. The molecule has 1 atom stereocenters. The van der Waals surface area contributed by atoms with Crippen molar-refractivity contribution in [1.82, 2.24) is 20.0 Å². The molecule has 2 saturated heterocycles. The highest BCUT2D eigenvalue weighted by atomic mass is 19.1. The number of nitrogens with one attached hydrogen (secondary N) is 1. The average molecular weight is 434 g/mol. The number of benzene rings is 1. The van der Waals surface area contributed by atoms with Gasteiger partial charge < -0.3 is 19.9 Å². The molecule has 0 amide bonds. The van der Waals surface area contributed by atoms with Crippen LogP contribution in [0.15, 0.2) is 23.2 Å². The summed E-state index contributed by atoms with van der Waals surface area (Å²) in [6, 6.07) is 5.24. The number of guanidine groups is 1. The summed E-state index contributed by atoms with van der Waals surface area (Å²) in [5.74, 6) is 2.43. The van der Waals surface area contributed by atoms with Gasteiger partial charge in [-0.1, -0.05) is 19.9 Å². The summed E-state index contributed by atoms with van der Waals surface area (Å²) in [4.78, 5) is 11.9. The molecule has 0 aliphatic carbocycles.